The molecule has 68 valence electrons. The first kappa shape index (κ1) is 10.2. The molecule has 0 saturated carbocycles. The summed E-state index contributed by atoms with van der Waals surface area (Å²) in [6.45, 7) is 0. The fourth-order valence-corrected chi connectivity index (χ4v) is 1.11. The summed E-state index contributed by atoms with van der Waals surface area (Å²) in [6.07, 6.45) is 2.29. The molecule has 1 aromatic rings. The normalized spacial score (nSPS) is 10.7. The van der Waals surface area contributed by atoms with Crippen molar-refractivity contribution in [1.29, 1.82) is 0 Å². The van der Waals surface area contributed by atoms with E-state index in [1.54, 1.807) is 0 Å². The third-order valence-electron chi connectivity index (χ3n) is 1.38. The van der Waals surface area contributed by atoms with Gasteiger partial charge in [-0.1, -0.05) is 17.7 Å². The van der Waals surface area contributed by atoms with Gasteiger partial charge in [-0.2, -0.15) is 0 Å². The van der Waals surface area contributed by atoms with E-state index in [0.29, 0.717) is 0 Å². The van der Waals surface area contributed by atoms with Crippen LogP contribution in [0.5, 0.6) is 0 Å². The van der Waals surface area contributed by atoms with Crippen molar-refractivity contribution in [3.05, 3.63) is 40.7 Å². The number of halogens is 3. The lowest BCUT2D eigenvalue weighted by Crippen LogP contribution is -1.84. The number of rotatable bonds is 2. The maximum absolute atomic E-state index is 13.0. The Hall–Kier alpha value is -0.860. The summed E-state index contributed by atoms with van der Waals surface area (Å²) in [7, 11) is 0. The lowest BCUT2D eigenvalue weighted by molar-refractivity contribution is -0.107. The van der Waals surface area contributed by atoms with Crippen LogP contribution in [0.1, 0.15) is 5.56 Å². The highest BCUT2D eigenvalue weighted by atomic mass is 35.5. The van der Waals surface area contributed by atoms with Crippen molar-refractivity contribution in [1.82, 2.24) is 0 Å². The van der Waals surface area contributed by atoms with Gasteiger partial charge in [0.25, 0.3) is 0 Å². The van der Waals surface area contributed by atoms with Gasteiger partial charge >= 0.3 is 0 Å². The van der Waals surface area contributed by atoms with Crippen LogP contribution >= 0.6 is 23.2 Å². The molecule has 0 saturated heterocycles. The molecule has 0 fully saturated rings. The van der Waals surface area contributed by atoms with Gasteiger partial charge in [-0.15, -0.1) is 0 Å². The van der Waals surface area contributed by atoms with E-state index in [1.165, 1.54) is 24.3 Å². The van der Waals surface area contributed by atoms with E-state index in [2.05, 4.69) is 0 Å². The Labute approximate surface area is 84.8 Å². The number of carbonyl (C=O) groups is 1. The van der Waals surface area contributed by atoms with Gasteiger partial charge < -0.3 is 0 Å². The molecule has 0 N–H and O–H groups in total. The highest BCUT2D eigenvalue weighted by molar-refractivity contribution is 6.66. The molecule has 0 aliphatic heterocycles. The van der Waals surface area contributed by atoms with Crippen molar-refractivity contribution in [3.8, 4) is 0 Å². The molecule has 0 atom stereocenters. The van der Waals surface area contributed by atoms with Crippen LogP contribution in [0.2, 0.25) is 5.02 Å². The van der Waals surface area contributed by atoms with E-state index in [1.807, 2.05) is 0 Å². The number of hydrogen-bond acceptors (Lipinski definition) is 1. The van der Waals surface area contributed by atoms with Gasteiger partial charge in [-0.25, -0.2) is 4.39 Å². The SMILES string of the molecule is O=C(Cl)C=Cc1c(F)cccc1Cl. The second-order valence-electron chi connectivity index (χ2n) is 2.27. The molecule has 0 aliphatic carbocycles. The van der Waals surface area contributed by atoms with Crippen molar-refractivity contribution < 1.29 is 9.18 Å². The summed E-state index contributed by atoms with van der Waals surface area (Å²) in [4.78, 5) is 10.4. The molecule has 13 heavy (non-hydrogen) atoms. The van der Waals surface area contributed by atoms with Crippen molar-refractivity contribution in [3.63, 3.8) is 0 Å². The Morgan fingerprint density at radius 1 is 1.46 bits per heavy atom. The van der Waals surface area contributed by atoms with Crippen LogP contribution in [-0.2, 0) is 4.79 Å². The molecule has 0 heterocycles. The molecule has 0 spiro atoms. The zero-order valence-corrected chi connectivity index (χ0v) is 7.94. The fraction of sp³-hybridized carbons (Fsp3) is 0. The minimum atomic E-state index is -0.667. The van der Waals surface area contributed by atoms with E-state index < -0.39 is 11.1 Å². The van der Waals surface area contributed by atoms with Crippen LogP contribution in [0.4, 0.5) is 4.39 Å². The largest absolute Gasteiger partial charge is 0.276 e. The molecule has 0 bridgehead atoms. The number of carbonyl (C=O) groups excluding carboxylic acids is 1. The molecular weight excluding hydrogens is 214 g/mol. The van der Waals surface area contributed by atoms with Crippen LogP contribution in [0.15, 0.2) is 24.3 Å². The molecule has 0 radical (unpaired) electrons. The number of allylic oxidation sites excluding steroid dienone is 1. The Balaban J connectivity index is 3.06. The maximum Gasteiger partial charge on any atom is 0.245 e. The third kappa shape index (κ3) is 2.83. The monoisotopic (exact) mass is 218 g/mol. The van der Waals surface area contributed by atoms with Gasteiger partial charge in [0.2, 0.25) is 5.24 Å². The lowest BCUT2D eigenvalue weighted by atomic mass is 10.2. The predicted octanol–water partition coefficient (Wildman–Crippen LogP) is 3.26. The summed E-state index contributed by atoms with van der Waals surface area (Å²) in [6, 6.07) is 4.27. The van der Waals surface area contributed by atoms with Crippen molar-refractivity contribution in [2.75, 3.05) is 0 Å². The van der Waals surface area contributed by atoms with Gasteiger partial charge in [0.1, 0.15) is 5.82 Å². The summed E-state index contributed by atoms with van der Waals surface area (Å²) >= 11 is 10.7. The topological polar surface area (TPSA) is 17.1 Å². The molecule has 4 heteroatoms. The Morgan fingerprint density at radius 2 is 2.15 bits per heavy atom. The summed E-state index contributed by atoms with van der Waals surface area (Å²) in [5, 5.41) is -0.423. The van der Waals surface area contributed by atoms with Gasteiger partial charge in [0, 0.05) is 5.56 Å². The quantitative estimate of drug-likeness (QED) is 0.551. The molecule has 1 aromatic carbocycles. The van der Waals surface area contributed by atoms with Gasteiger partial charge in [-0.3, -0.25) is 4.79 Å². The van der Waals surface area contributed by atoms with Crippen molar-refractivity contribution in [2.45, 2.75) is 0 Å². The van der Waals surface area contributed by atoms with Gasteiger partial charge in [-0.05, 0) is 35.9 Å². The predicted molar refractivity (Wildman–Crippen MR) is 51.3 cm³/mol. The molecule has 0 aliphatic rings. The highest BCUT2D eigenvalue weighted by Crippen LogP contribution is 2.20. The first-order chi connectivity index (χ1) is 6.11. The van der Waals surface area contributed by atoms with Crippen LogP contribution in [0.3, 0.4) is 0 Å². The zero-order chi connectivity index (χ0) is 9.84. The standard InChI is InChI=1S/C9H5Cl2FO/c10-7-2-1-3-8(12)6(7)4-5-9(11)13/h1-5H. The molecule has 0 unspecified atom stereocenters. The second kappa shape index (κ2) is 4.40. The number of hydrogen-bond donors (Lipinski definition) is 0. The average Bonchev–Trinajstić information content (AvgIpc) is 2.03. The van der Waals surface area contributed by atoms with Crippen molar-refractivity contribution >= 4 is 34.5 Å². The molecule has 0 amide bonds. The molecular formula is C9H5Cl2FO. The second-order valence-corrected chi connectivity index (χ2v) is 3.05. The lowest BCUT2D eigenvalue weighted by Gasteiger charge is -1.97. The molecule has 0 aromatic heterocycles. The van der Waals surface area contributed by atoms with Gasteiger partial charge in [0.15, 0.2) is 0 Å². The fourth-order valence-electron chi connectivity index (χ4n) is 0.819. The van der Waals surface area contributed by atoms with E-state index >= 15 is 0 Å². The third-order valence-corrected chi connectivity index (χ3v) is 1.84. The summed E-state index contributed by atoms with van der Waals surface area (Å²) < 4.78 is 13.0. The van der Waals surface area contributed by atoms with Crippen LogP contribution in [-0.4, -0.2) is 5.24 Å². The Morgan fingerprint density at radius 3 is 2.69 bits per heavy atom. The Kier molecular flexibility index (Phi) is 3.46. The van der Waals surface area contributed by atoms with Crippen LogP contribution in [0.25, 0.3) is 6.08 Å². The Bertz CT molecular complexity index is 340. The van der Waals surface area contributed by atoms with Crippen LogP contribution in [0, 0.1) is 5.82 Å². The maximum atomic E-state index is 13.0. The van der Waals surface area contributed by atoms with E-state index in [0.717, 1.165) is 6.08 Å². The van der Waals surface area contributed by atoms with Gasteiger partial charge in [0.05, 0.1) is 5.02 Å². The highest BCUT2D eigenvalue weighted by Gasteiger charge is 2.02. The van der Waals surface area contributed by atoms with E-state index in [4.69, 9.17) is 23.2 Å². The average molecular weight is 219 g/mol. The smallest absolute Gasteiger partial charge is 0.245 e. The first-order valence-corrected chi connectivity index (χ1v) is 4.18. The summed E-state index contributed by atoms with van der Waals surface area (Å²) in [5.74, 6) is -0.485. The van der Waals surface area contributed by atoms with Crippen molar-refractivity contribution in [2.24, 2.45) is 0 Å². The molecule has 1 nitrogen and oxygen atoms in total. The minimum absolute atomic E-state index is 0.165. The zero-order valence-electron chi connectivity index (χ0n) is 6.43. The first-order valence-electron chi connectivity index (χ1n) is 3.43. The molecule has 1 rings (SSSR count). The summed E-state index contributed by atoms with van der Waals surface area (Å²) in [5.41, 5.74) is 0.165. The van der Waals surface area contributed by atoms with E-state index in [9.17, 15) is 9.18 Å². The van der Waals surface area contributed by atoms with Crippen LogP contribution < -0.4 is 0 Å². The number of benzene rings is 1. The minimum Gasteiger partial charge on any atom is -0.276 e. The van der Waals surface area contributed by atoms with E-state index in [-0.39, 0.29) is 10.6 Å².